The van der Waals surface area contributed by atoms with Crippen LogP contribution in [0.3, 0.4) is 0 Å². The molecule has 10 nitrogen and oxygen atoms in total. The summed E-state index contributed by atoms with van der Waals surface area (Å²) >= 11 is 0. The van der Waals surface area contributed by atoms with Crippen LogP contribution in [-0.2, 0) is 15.6 Å². The minimum atomic E-state index is -1.96. The van der Waals surface area contributed by atoms with Gasteiger partial charge in [0.05, 0.1) is 12.3 Å². The van der Waals surface area contributed by atoms with E-state index in [2.05, 4.69) is 41.8 Å². The molecule has 5 aromatic rings. The highest BCUT2D eigenvalue weighted by Gasteiger charge is 2.50. The second kappa shape index (κ2) is 12.1. The Morgan fingerprint density at radius 3 is 2.16 bits per heavy atom. The van der Waals surface area contributed by atoms with E-state index < -0.39 is 17.3 Å². The van der Waals surface area contributed by atoms with Crippen LogP contribution in [0.5, 0.6) is 17.2 Å². The molecule has 0 fully saturated rings. The first-order chi connectivity index (χ1) is 21.4. The number of aromatic carboxylic acids is 1. The highest BCUT2D eigenvalue weighted by atomic mass is 16.5. The molecule has 3 aromatic carbocycles. The number of nitrogens with zero attached hydrogens (tertiary/aromatic N) is 3. The van der Waals surface area contributed by atoms with Crippen LogP contribution >= 0.6 is 0 Å². The predicted molar refractivity (Wildman–Crippen MR) is 167 cm³/mol. The number of carboxylic acid groups (broad SMARTS) is 1. The van der Waals surface area contributed by atoms with Gasteiger partial charge in [0.2, 0.25) is 5.91 Å². The lowest BCUT2D eigenvalue weighted by atomic mass is 9.74. The number of hydrogen-bond acceptors (Lipinski definition) is 8. The van der Waals surface area contributed by atoms with Crippen LogP contribution in [0.25, 0.3) is 10.8 Å². The lowest BCUT2D eigenvalue weighted by molar-refractivity contribution is -0.121. The number of aryl methyl sites for hydroxylation is 1. The molecule has 3 N–H and O–H groups in total. The molecule has 2 aromatic heterocycles. The fraction of sp³-hybridized carbons (Fsp3) is 0.229. The molecule has 0 aliphatic rings. The van der Waals surface area contributed by atoms with Crippen LogP contribution in [0.15, 0.2) is 77.3 Å². The summed E-state index contributed by atoms with van der Waals surface area (Å²) in [7, 11) is 0. The van der Waals surface area contributed by atoms with E-state index in [0.717, 1.165) is 5.56 Å². The lowest BCUT2D eigenvalue weighted by Crippen LogP contribution is -2.45. The van der Waals surface area contributed by atoms with E-state index in [1.54, 1.807) is 49.4 Å². The van der Waals surface area contributed by atoms with E-state index in [-0.39, 0.29) is 28.5 Å². The van der Waals surface area contributed by atoms with Crippen molar-refractivity contribution in [2.75, 3.05) is 6.61 Å². The number of rotatable bonds is 10. The third-order valence-electron chi connectivity index (χ3n) is 7.35. The first-order valence-electron chi connectivity index (χ1n) is 14.2. The van der Waals surface area contributed by atoms with Crippen molar-refractivity contribution in [3.8, 4) is 29.6 Å². The molecular formula is C35H32N4O6. The number of carbonyl (C=O) groups is 2. The molecule has 1 unspecified atom stereocenters. The van der Waals surface area contributed by atoms with Gasteiger partial charge in [-0.15, -0.1) is 12.3 Å². The Balaban J connectivity index is 1.69. The quantitative estimate of drug-likeness (QED) is 0.146. The zero-order valence-corrected chi connectivity index (χ0v) is 25.3. The van der Waals surface area contributed by atoms with E-state index >= 15 is 0 Å². The molecular weight excluding hydrogens is 572 g/mol. The average molecular weight is 605 g/mol. The Labute approximate surface area is 260 Å². The number of fused-ring (bicyclic) bond motifs is 1. The van der Waals surface area contributed by atoms with Gasteiger partial charge in [-0.2, -0.15) is 4.98 Å². The lowest BCUT2D eigenvalue weighted by Gasteiger charge is -2.28. The Morgan fingerprint density at radius 1 is 0.933 bits per heavy atom. The van der Waals surface area contributed by atoms with E-state index in [1.807, 2.05) is 24.3 Å². The van der Waals surface area contributed by atoms with Crippen molar-refractivity contribution in [2.45, 2.75) is 44.9 Å². The predicted octanol–water partition coefficient (Wildman–Crippen LogP) is 5.94. The van der Waals surface area contributed by atoms with Crippen LogP contribution in [-0.4, -0.2) is 38.7 Å². The second-order valence-electron chi connectivity index (χ2n) is 11.5. The molecule has 45 heavy (non-hydrogen) atoms. The highest BCUT2D eigenvalue weighted by Crippen LogP contribution is 2.42. The number of hydrogen-bond donors (Lipinski definition) is 2. The third-order valence-corrected chi connectivity index (χ3v) is 7.35. The Kier molecular flexibility index (Phi) is 8.29. The smallest absolute Gasteiger partial charge is 0.354 e. The number of aromatic nitrogens is 3. The summed E-state index contributed by atoms with van der Waals surface area (Å²) < 4.78 is 17.4. The standard InChI is InChI=1S/C35H32N4O6/c1-6-7-18-43-25-12-10-24(11-13-25)35(32(36)42,33-37-21(2)39-45-33)30-28-17-16-27(19-22(28)20-29(38-30)31(40)41)44-26-14-8-23(9-15-26)34(3,4)5/h1,8-17,19-20H,7,18H2,2-5H3,(H2,36,42)(H,40,41). The molecule has 0 saturated heterocycles. The Hall–Kier alpha value is -5.69. The monoisotopic (exact) mass is 604 g/mol. The van der Waals surface area contributed by atoms with E-state index in [4.69, 9.17) is 26.2 Å². The molecule has 5 rings (SSSR count). The summed E-state index contributed by atoms with van der Waals surface area (Å²) in [5.41, 5.74) is 5.35. The summed E-state index contributed by atoms with van der Waals surface area (Å²) in [6, 6.07) is 20.8. The molecule has 2 heterocycles. The molecule has 0 radical (unpaired) electrons. The van der Waals surface area contributed by atoms with Gasteiger partial charge in [0.25, 0.3) is 5.89 Å². The van der Waals surface area contributed by atoms with Crippen molar-refractivity contribution in [2.24, 2.45) is 5.73 Å². The van der Waals surface area contributed by atoms with Crippen molar-refractivity contribution >= 4 is 22.6 Å². The number of pyridine rings is 1. The van der Waals surface area contributed by atoms with Crippen molar-refractivity contribution in [1.29, 1.82) is 0 Å². The number of terminal acetylenes is 1. The van der Waals surface area contributed by atoms with Crippen molar-refractivity contribution in [1.82, 2.24) is 15.1 Å². The first-order valence-corrected chi connectivity index (χ1v) is 14.2. The fourth-order valence-electron chi connectivity index (χ4n) is 5.06. The zero-order chi connectivity index (χ0) is 32.4. The number of carbonyl (C=O) groups excluding carboxylic acids is 1. The molecule has 228 valence electrons. The topological polar surface area (TPSA) is 151 Å². The van der Waals surface area contributed by atoms with Gasteiger partial charge in [-0.25, -0.2) is 9.78 Å². The number of ether oxygens (including phenoxy) is 2. The summed E-state index contributed by atoms with van der Waals surface area (Å²) in [6.45, 7) is 8.28. The molecule has 10 heteroatoms. The molecule has 0 bridgehead atoms. The number of primary amides is 1. The molecule has 1 atom stereocenters. The van der Waals surface area contributed by atoms with Crippen molar-refractivity contribution in [3.05, 3.63) is 107 Å². The Bertz CT molecular complexity index is 1920. The maximum atomic E-state index is 13.7. The Morgan fingerprint density at radius 2 is 1.58 bits per heavy atom. The van der Waals surface area contributed by atoms with Crippen LogP contribution in [0.1, 0.15) is 66.2 Å². The van der Waals surface area contributed by atoms with E-state index in [9.17, 15) is 14.7 Å². The highest BCUT2D eigenvalue weighted by molar-refractivity contribution is 6.01. The molecule has 0 aliphatic heterocycles. The number of carboxylic acids is 1. The largest absolute Gasteiger partial charge is 0.493 e. The second-order valence-corrected chi connectivity index (χ2v) is 11.5. The molecule has 0 spiro atoms. The van der Waals surface area contributed by atoms with E-state index in [1.165, 1.54) is 6.07 Å². The number of benzene rings is 3. The first kappa shape index (κ1) is 30.8. The third kappa shape index (κ3) is 6.06. The minimum Gasteiger partial charge on any atom is -0.493 e. The van der Waals surface area contributed by atoms with Crippen LogP contribution in [0, 0.1) is 19.3 Å². The maximum absolute atomic E-state index is 13.7. The van der Waals surface area contributed by atoms with Gasteiger partial charge in [0.15, 0.2) is 11.2 Å². The SMILES string of the molecule is C#CCCOc1ccc(C(C(N)=O)(c2nc(C)no2)c2nc(C(=O)O)cc3cc(Oc4ccc(C(C)(C)C)cc4)ccc23)cc1. The van der Waals surface area contributed by atoms with Crippen molar-refractivity contribution in [3.63, 3.8) is 0 Å². The van der Waals surface area contributed by atoms with Crippen LogP contribution < -0.4 is 15.2 Å². The minimum absolute atomic E-state index is 0.00984. The molecule has 1 amide bonds. The summed E-state index contributed by atoms with van der Waals surface area (Å²) in [5.74, 6) is 1.95. The van der Waals surface area contributed by atoms with Crippen LogP contribution in [0.4, 0.5) is 0 Å². The van der Waals surface area contributed by atoms with Gasteiger partial charge in [-0.05, 0) is 77.4 Å². The number of nitrogens with two attached hydrogens (primary N) is 1. The van der Waals surface area contributed by atoms with Gasteiger partial charge < -0.3 is 24.8 Å². The van der Waals surface area contributed by atoms with Gasteiger partial charge in [0.1, 0.15) is 22.9 Å². The normalized spacial score (nSPS) is 12.7. The van der Waals surface area contributed by atoms with Crippen molar-refractivity contribution < 1.29 is 28.7 Å². The maximum Gasteiger partial charge on any atom is 0.354 e. The summed E-state index contributed by atoms with van der Waals surface area (Å²) in [5, 5.41) is 14.8. The van der Waals surface area contributed by atoms with Crippen LogP contribution in [0.2, 0.25) is 0 Å². The van der Waals surface area contributed by atoms with Gasteiger partial charge >= 0.3 is 5.97 Å². The number of amides is 1. The van der Waals surface area contributed by atoms with Gasteiger partial charge in [-0.3, -0.25) is 4.79 Å². The van der Waals surface area contributed by atoms with Gasteiger partial charge in [0, 0.05) is 11.8 Å². The van der Waals surface area contributed by atoms with E-state index in [0.29, 0.717) is 46.6 Å². The zero-order valence-electron chi connectivity index (χ0n) is 25.3. The molecule has 0 saturated carbocycles. The summed E-state index contributed by atoms with van der Waals surface area (Å²) in [4.78, 5) is 34.9. The summed E-state index contributed by atoms with van der Waals surface area (Å²) in [6.07, 6.45) is 5.74. The fourth-order valence-corrected chi connectivity index (χ4v) is 5.06. The van der Waals surface area contributed by atoms with Gasteiger partial charge in [-0.1, -0.05) is 50.2 Å². The average Bonchev–Trinajstić information content (AvgIpc) is 3.43. The molecule has 0 aliphatic carbocycles.